The molecule has 2 fully saturated rings. The van der Waals surface area contributed by atoms with Gasteiger partial charge in [0.05, 0.1) is 11.1 Å². The van der Waals surface area contributed by atoms with Crippen molar-refractivity contribution in [2.75, 3.05) is 26.2 Å². The molecule has 10 heteroatoms. The van der Waals surface area contributed by atoms with Crippen molar-refractivity contribution in [2.24, 2.45) is 11.8 Å². The number of alkyl halides is 6. The molecule has 0 bridgehead atoms. The molecular formula is C23H23F6N3O. The third kappa shape index (κ3) is 5.61. The Kier molecular flexibility index (Phi) is 6.30. The van der Waals surface area contributed by atoms with Gasteiger partial charge >= 0.3 is 18.4 Å². The molecular weight excluding hydrogens is 448 g/mol. The van der Waals surface area contributed by atoms with Gasteiger partial charge in [-0.25, -0.2) is 4.79 Å². The Labute approximate surface area is 187 Å². The number of hydrogen-bond donors (Lipinski definition) is 1. The summed E-state index contributed by atoms with van der Waals surface area (Å²) in [6, 6.07) is 10.9. The summed E-state index contributed by atoms with van der Waals surface area (Å²) in [6.07, 6.45) is -9.84. The molecule has 0 radical (unpaired) electrons. The van der Waals surface area contributed by atoms with Crippen LogP contribution in [-0.2, 0) is 25.4 Å². The van der Waals surface area contributed by atoms with E-state index in [-0.39, 0.29) is 11.6 Å². The van der Waals surface area contributed by atoms with Gasteiger partial charge in [0, 0.05) is 39.3 Å². The zero-order valence-corrected chi connectivity index (χ0v) is 17.6. The summed E-state index contributed by atoms with van der Waals surface area (Å²) < 4.78 is 78.1. The van der Waals surface area contributed by atoms with E-state index in [1.54, 1.807) is 4.90 Å². The fourth-order valence-corrected chi connectivity index (χ4v) is 4.64. The molecule has 0 spiro atoms. The van der Waals surface area contributed by atoms with Gasteiger partial charge in [0.1, 0.15) is 0 Å². The molecule has 2 saturated heterocycles. The predicted octanol–water partition coefficient (Wildman–Crippen LogP) is 5.00. The molecule has 0 aliphatic carbocycles. The van der Waals surface area contributed by atoms with Crippen LogP contribution in [0.1, 0.15) is 22.3 Å². The van der Waals surface area contributed by atoms with Crippen LogP contribution in [-0.4, -0.2) is 42.0 Å². The number of nitrogens with one attached hydrogen (secondary N) is 1. The third-order valence-corrected chi connectivity index (χ3v) is 6.19. The van der Waals surface area contributed by atoms with E-state index in [0.29, 0.717) is 37.1 Å². The lowest BCUT2D eigenvalue weighted by molar-refractivity contribution is -0.143. The van der Waals surface area contributed by atoms with Crippen LogP contribution in [0.2, 0.25) is 0 Å². The van der Waals surface area contributed by atoms with E-state index in [0.717, 1.165) is 19.6 Å². The first-order chi connectivity index (χ1) is 15.5. The number of carbonyl (C=O) groups excluding carboxylic acids is 1. The Morgan fingerprint density at radius 1 is 0.818 bits per heavy atom. The highest BCUT2D eigenvalue weighted by molar-refractivity contribution is 5.74. The fourth-order valence-electron chi connectivity index (χ4n) is 4.64. The number of halogens is 6. The van der Waals surface area contributed by atoms with Gasteiger partial charge in [0.2, 0.25) is 0 Å². The van der Waals surface area contributed by atoms with Crippen molar-refractivity contribution in [1.82, 2.24) is 15.1 Å². The first kappa shape index (κ1) is 23.4. The molecule has 2 aromatic rings. The quantitative estimate of drug-likeness (QED) is 0.638. The maximum absolute atomic E-state index is 13.0. The summed E-state index contributed by atoms with van der Waals surface area (Å²) in [6.45, 7) is 3.11. The summed E-state index contributed by atoms with van der Waals surface area (Å²) in [4.78, 5) is 16.5. The van der Waals surface area contributed by atoms with Crippen LogP contribution in [0.15, 0.2) is 48.5 Å². The zero-order chi connectivity index (χ0) is 23.8. The van der Waals surface area contributed by atoms with Crippen LogP contribution in [0.5, 0.6) is 0 Å². The van der Waals surface area contributed by atoms with Gasteiger partial charge in [-0.1, -0.05) is 30.3 Å². The Bertz CT molecular complexity index is 946. The first-order valence-corrected chi connectivity index (χ1v) is 10.6. The second kappa shape index (κ2) is 8.89. The summed E-state index contributed by atoms with van der Waals surface area (Å²) >= 11 is 0. The van der Waals surface area contributed by atoms with Crippen LogP contribution in [0.25, 0.3) is 0 Å². The van der Waals surface area contributed by atoms with E-state index < -0.39 is 36.1 Å². The van der Waals surface area contributed by atoms with Crippen molar-refractivity contribution in [3.63, 3.8) is 0 Å². The second-order valence-corrected chi connectivity index (χ2v) is 8.68. The smallest absolute Gasteiger partial charge is 0.334 e. The number of urea groups is 1. The zero-order valence-electron chi connectivity index (χ0n) is 17.6. The maximum Gasteiger partial charge on any atom is 0.416 e. The van der Waals surface area contributed by atoms with Crippen LogP contribution < -0.4 is 5.32 Å². The lowest BCUT2D eigenvalue weighted by Gasteiger charge is -2.22. The number of likely N-dealkylation sites (tertiary alicyclic amines) is 2. The van der Waals surface area contributed by atoms with Gasteiger partial charge in [-0.05, 0) is 41.2 Å². The number of amides is 2. The number of nitrogens with zero attached hydrogens (tertiary/aromatic N) is 2. The maximum atomic E-state index is 13.0. The molecule has 4 rings (SSSR count). The lowest BCUT2D eigenvalue weighted by atomic mass is 10.0. The van der Waals surface area contributed by atoms with Crippen LogP contribution in [0.3, 0.4) is 0 Å². The Morgan fingerprint density at radius 3 is 1.88 bits per heavy atom. The number of benzene rings is 2. The van der Waals surface area contributed by atoms with Crippen molar-refractivity contribution in [3.8, 4) is 0 Å². The van der Waals surface area contributed by atoms with Crippen molar-refractivity contribution in [3.05, 3.63) is 70.8 Å². The molecule has 2 aliphatic rings. The molecule has 2 amide bonds. The Hall–Kier alpha value is -2.75. The SMILES string of the molecule is O=C(NCc1cc(C(F)(F)F)cc(C(F)(F)F)c1)N1CC2CN(Cc3ccccc3)C[C@H]2C1. The van der Waals surface area contributed by atoms with E-state index in [9.17, 15) is 31.1 Å². The molecule has 4 nitrogen and oxygen atoms in total. The molecule has 2 atom stereocenters. The van der Waals surface area contributed by atoms with Crippen molar-refractivity contribution in [2.45, 2.75) is 25.4 Å². The monoisotopic (exact) mass is 471 g/mol. The van der Waals surface area contributed by atoms with Crippen LogP contribution in [0.4, 0.5) is 31.1 Å². The van der Waals surface area contributed by atoms with Crippen LogP contribution in [0, 0.1) is 11.8 Å². The average molecular weight is 471 g/mol. The van der Waals surface area contributed by atoms with Crippen molar-refractivity contribution >= 4 is 6.03 Å². The highest BCUT2D eigenvalue weighted by Gasteiger charge is 2.41. The van der Waals surface area contributed by atoms with E-state index in [4.69, 9.17) is 0 Å². The van der Waals surface area contributed by atoms with Gasteiger partial charge in [0.25, 0.3) is 0 Å². The molecule has 0 aromatic heterocycles. The Morgan fingerprint density at radius 2 is 1.36 bits per heavy atom. The molecule has 2 aromatic carbocycles. The van der Waals surface area contributed by atoms with Gasteiger partial charge in [-0.15, -0.1) is 0 Å². The van der Waals surface area contributed by atoms with E-state index >= 15 is 0 Å². The third-order valence-electron chi connectivity index (χ3n) is 6.19. The highest BCUT2D eigenvalue weighted by atomic mass is 19.4. The van der Waals surface area contributed by atoms with Crippen LogP contribution >= 0.6 is 0 Å². The van der Waals surface area contributed by atoms with Gasteiger partial charge in [-0.2, -0.15) is 26.3 Å². The van der Waals surface area contributed by atoms with Crippen molar-refractivity contribution < 1.29 is 31.1 Å². The molecule has 1 unspecified atom stereocenters. The normalized spacial score (nSPS) is 21.3. The molecule has 0 saturated carbocycles. The molecule has 1 N–H and O–H groups in total. The van der Waals surface area contributed by atoms with Gasteiger partial charge in [0.15, 0.2) is 0 Å². The average Bonchev–Trinajstić information content (AvgIpc) is 3.30. The molecule has 33 heavy (non-hydrogen) atoms. The number of carbonyl (C=O) groups is 1. The van der Waals surface area contributed by atoms with Gasteiger partial charge in [-0.3, -0.25) is 4.90 Å². The summed E-state index contributed by atoms with van der Waals surface area (Å²) in [5.74, 6) is 0.592. The topological polar surface area (TPSA) is 35.6 Å². The lowest BCUT2D eigenvalue weighted by Crippen LogP contribution is -2.40. The summed E-state index contributed by atoms with van der Waals surface area (Å²) in [7, 11) is 0. The standard InChI is InChI=1S/C23H23F6N3O/c24-22(25,26)19-6-16(7-20(8-19)23(27,28)29)9-30-21(33)32-13-17-11-31(12-18(17)14-32)10-15-4-2-1-3-5-15/h1-8,17-18H,9-14H2,(H,30,33)/t17-,18?/m0/s1. The van der Waals surface area contributed by atoms with E-state index in [2.05, 4.69) is 22.3 Å². The molecule has 2 aliphatic heterocycles. The first-order valence-electron chi connectivity index (χ1n) is 10.6. The number of rotatable bonds is 4. The predicted molar refractivity (Wildman–Crippen MR) is 109 cm³/mol. The number of hydrogen-bond acceptors (Lipinski definition) is 2. The minimum absolute atomic E-state index is 0.0776. The fraction of sp³-hybridized carbons (Fsp3) is 0.435. The summed E-state index contributed by atoms with van der Waals surface area (Å²) in [5, 5.41) is 2.48. The number of fused-ring (bicyclic) bond motifs is 1. The summed E-state index contributed by atoms with van der Waals surface area (Å²) in [5.41, 5.74) is -1.82. The van der Waals surface area contributed by atoms with Crippen molar-refractivity contribution in [1.29, 1.82) is 0 Å². The van der Waals surface area contributed by atoms with E-state index in [1.807, 2.05) is 18.2 Å². The van der Waals surface area contributed by atoms with E-state index in [1.165, 1.54) is 5.56 Å². The highest BCUT2D eigenvalue weighted by Crippen LogP contribution is 2.36. The van der Waals surface area contributed by atoms with Gasteiger partial charge < -0.3 is 10.2 Å². The Balaban J connectivity index is 1.33. The largest absolute Gasteiger partial charge is 0.416 e. The molecule has 2 heterocycles. The second-order valence-electron chi connectivity index (χ2n) is 8.68. The minimum atomic E-state index is -4.92. The minimum Gasteiger partial charge on any atom is -0.334 e. The molecule has 178 valence electrons.